The second-order valence-electron chi connectivity index (χ2n) is 5.92. The van der Waals surface area contributed by atoms with Crippen molar-refractivity contribution in [2.75, 3.05) is 32.5 Å². The molecule has 0 saturated carbocycles. The van der Waals surface area contributed by atoms with Gasteiger partial charge in [-0.2, -0.15) is 0 Å². The fourth-order valence-corrected chi connectivity index (χ4v) is 2.92. The van der Waals surface area contributed by atoms with Crippen LogP contribution in [0.4, 0.5) is 10.1 Å². The number of carbonyl (C=O) groups excluding carboxylic acids is 1. The highest BCUT2D eigenvalue weighted by Gasteiger charge is 2.29. The van der Waals surface area contributed by atoms with E-state index in [-0.39, 0.29) is 17.6 Å². The van der Waals surface area contributed by atoms with Crippen molar-refractivity contribution in [1.82, 2.24) is 9.88 Å². The van der Waals surface area contributed by atoms with E-state index >= 15 is 0 Å². The second kappa shape index (κ2) is 7.06. The zero-order valence-electron chi connectivity index (χ0n) is 14.2. The Morgan fingerprint density at radius 2 is 2.20 bits per heavy atom. The van der Waals surface area contributed by atoms with E-state index in [1.807, 2.05) is 6.92 Å². The highest BCUT2D eigenvalue weighted by Crippen LogP contribution is 2.26. The van der Waals surface area contributed by atoms with Gasteiger partial charge in [0.25, 0.3) is 5.91 Å². The minimum absolute atomic E-state index is 0.194. The lowest BCUT2D eigenvalue weighted by Crippen LogP contribution is -2.42. The molecule has 0 aliphatic carbocycles. The zero-order valence-corrected chi connectivity index (χ0v) is 14.2. The van der Waals surface area contributed by atoms with Crippen LogP contribution in [0.15, 0.2) is 30.3 Å². The van der Waals surface area contributed by atoms with Crippen molar-refractivity contribution >= 4 is 11.6 Å². The number of pyridine rings is 1. The predicted molar refractivity (Wildman–Crippen MR) is 90.9 cm³/mol. The molecule has 0 spiro atoms. The maximum Gasteiger partial charge on any atom is 0.257 e. The molecule has 3 rings (SSSR count). The van der Waals surface area contributed by atoms with Gasteiger partial charge in [-0.25, -0.2) is 4.39 Å². The first-order valence-corrected chi connectivity index (χ1v) is 7.96. The molecule has 1 atom stereocenters. The normalized spacial score (nSPS) is 17.4. The van der Waals surface area contributed by atoms with Gasteiger partial charge in [-0.15, -0.1) is 0 Å². The number of benzene rings is 1. The first-order valence-electron chi connectivity index (χ1n) is 7.96. The summed E-state index contributed by atoms with van der Waals surface area (Å²) in [5, 5.41) is 0. The Labute approximate surface area is 145 Å². The summed E-state index contributed by atoms with van der Waals surface area (Å²) in [6, 6.07) is 7.41. The average Bonchev–Trinajstić information content (AvgIpc) is 2.60. The number of nitrogens with zero attached hydrogens (tertiary/aromatic N) is 2. The number of rotatable bonds is 3. The average molecular weight is 345 g/mol. The molecule has 132 valence electrons. The number of carbonyl (C=O) groups is 1. The Morgan fingerprint density at radius 3 is 2.92 bits per heavy atom. The van der Waals surface area contributed by atoms with E-state index in [1.54, 1.807) is 17.0 Å². The Hall–Kier alpha value is -2.67. The van der Waals surface area contributed by atoms with E-state index in [4.69, 9.17) is 15.2 Å². The number of hydrogen-bond donors (Lipinski definition) is 1. The van der Waals surface area contributed by atoms with Gasteiger partial charge in [-0.05, 0) is 37.3 Å². The van der Waals surface area contributed by atoms with E-state index in [9.17, 15) is 9.18 Å². The molecule has 6 nitrogen and oxygen atoms in total. The molecule has 1 aromatic carbocycles. The molecular weight excluding hydrogens is 325 g/mol. The molecule has 7 heteroatoms. The lowest BCUT2D eigenvalue weighted by atomic mass is 10.1. The van der Waals surface area contributed by atoms with Crippen LogP contribution in [0.25, 0.3) is 0 Å². The summed E-state index contributed by atoms with van der Waals surface area (Å²) in [7, 11) is 1.45. The number of ether oxygens (including phenoxy) is 2. The van der Waals surface area contributed by atoms with Crippen molar-refractivity contribution in [3.05, 3.63) is 53.1 Å². The van der Waals surface area contributed by atoms with Gasteiger partial charge >= 0.3 is 0 Å². The highest BCUT2D eigenvalue weighted by atomic mass is 19.1. The Bertz CT molecular complexity index is 777. The van der Waals surface area contributed by atoms with Gasteiger partial charge in [0.15, 0.2) is 0 Å². The van der Waals surface area contributed by atoms with E-state index in [1.165, 1.54) is 25.3 Å². The molecule has 0 unspecified atom stereocenters. The molecule has 1 aromatic heterocycles. The number of halogens is 1. The summed E-state index contributed by atoms with van der Waals surface area (Å²) in [4.78, 5) is 18.9. The summed E-state index contributed by atoms with van der Waals surface area (Å²) in [6.07, 6.45) is -0.376. The third-order valence-electron chi connectivity index (χ3n) is 4.07. The first kappa shape index (κ1) is 17.2. The minimum atomic E-state index is -0.484. The Balaban J connectivity index is 1.84. The summed E-state index contributed by atoms with van der Waals surface area (Å²) in [5.74, 6) is -0.445. The molecular formula is C18H20FN3O3. The summed E-state index contributed by atoms with van der Waals surface area (Å²) in [6.45, 7) is 2.94. The molecule has 0 bridgehead atoms. The number of aromatic nitrogens is 1. The molecule has 0 radical (unpaired) electrons. The van der Waals surface area contributed by atoms with Gasteiger partial charge in [0.2, 0.25) is 0 Å². The van der Waals surface area contributed by atoms with Crippen LogP contribution >= 0.6 is 0 Å². The summed E-state index contributed by atoms with van der Waals surface area (Å²) >= 11 is 0. The lowest BCUT2D eigenvalue weighted by Gasteiger charge is -2.33. The largest absolute Gasteiger partial charge is 0.496 e. The van der Waals surface area contributed by atoms with Crippen LogP contribution in [0.3, 0.4) is 0 Å². The van der Waals surface area contributed by atoms with Gasteiger partial charge in [0.1, 0.15) is 17.7 Å². The van der Waals surface area contributed by atoms with Crippen LogP contribution in [0.1, 0.15) is 27.8 Å². The predicted octanol–water partition coefficient (Wildman–Crippen LogP) is 2.33. The summed E-state index contributed by atoms with van der Waals surface area (Å²) < 4.78 is 24.5. The van der Waals surface area contributed by atoms with Gasteiger partial charge < -0.3 is 20.1 Å². The summed E-state index contributed by atoms with van der Waals surface area (Å²) in [5.41, 5.74) is 8.13. The molecule has 1 amide bonds. The van der Waals surface area contributed by atoms with E-state index < -0.39 is 5.82 Å². The minimum Gasteiger partial charge on any atom is -0.496 e. The monoisotopic (exact) mass is 345 g/mol. The van der Waals surface area contributed by atoms with Crippen molar-refractivity contribution in [2.45, 2.75) is 13.0 Å². The molecule has 2 aromatic rings. The molecule has 1 saturated heterocycles. The molecule has 1 aliphatic rings. The number of nitrogens with two attached hydrogens (primary N) is 1. The number of anilines is 1. The zero-order chi connectivity index (χ0) is 18.0. The van der Waals surface area contributed by atoms with Crippen molar-refractivity contribution in [3.63, 3.8) is 0 Å². The SMILES string of the molecule is COc1ccc(F)cc1C(=O)N1CCO[C@@H](c2cc(N)cc(C)n2)C1. The van der Waals surface area contributed by atoms with Gasteiger partial charge in [0, 0.05) is 17.9 Å². The fraction of sp³-hybridized carbons (Fsp3) is 0.333. The first-order chi connectivity index (χ1) is 12.0. The highest BCUT2D eigenvalue weighted by molar-refractivity contribution is 5.97. The van der Waals surface area contributed by atoms with E-state index in [2.05, 4.69) is 4.98 Å². The smallest absolute Gasteiger partial charge is 0.257 e. The number of methoxy groups -OCH3 is 1. The van der Waals surface area contributed by atoms with E-state index in [0.29, 0.717) is 36.8 Å². The lowest BCUT2D eigenvalue weighted by molar-refractivity contribution is -0.0248. The van der Waals surface area contributed by atoms with Crippen LogP contribution in [0, 0.1) is 12.7 Å². The van der Waals surface area contributed by atoms with Crippen LogP contribution < -0.4 is 10.5 Å². The van der Waals surface area contributed by atoms with Crippen LogP contribution in [0.5, 0.6) is 5.75 Å². The van der Waals surface area contributed by atoms with Crippen LogP contribution in [0.2, 0.25) is 0 Å². The molecule has 2 heterocycles. The van der Waals surface area contributed by atoms with Crippen LogP contribution in [-0.4, -0.2) is 42.6 Å². The van der Waals surface area contributed by atoms with Gasteiger partial charge in [0.05, 0.1) is 31.5 Å². The van der Waals surface area contributed by atoms with Crippen molar-refractivity contribution in [2.24, 2.45) is 0 Å². The maximum atomic E-state index is 13.6. The number of amides is 1. The second-order valence-corrected chi connectivity index (χ2v) is 5.92. The van der Waals surface area contributed by atoms with Crippen molar-refractivity contribution in [1.29, 1.82) is 0 Å². The Kier molecular flexibility index (Phi) is 4.85. The maximum absolute atomic E-state index is 13.6. The quantitative estimate of drug-likeness (QED) is 0.924. The standard InChI is InChI=1S/C18H20FN3O3/c1-11-7-13(20)9-15(21-11)17-10-22(5-6-25-17)18(23)14-8-12(19)3-4-16(14)24-2/h3-4,7-9,17H,5-6,10H2,1-2H3,(H2,20,21)/t17-/m1/s1. The fourth-order valence-electron chi connectivity index (χ4n) is 2.92. The topological polar surface area (TPSA) is 77.7 Å². The molecule has 2 N–H and O–H groups in total. The van der Waals surface area contributed by atoms with Crippen molar-refractivity contribution < 1.29 is 18.7 Å². The molecule has 1 aliphatic heterocycles. The van der Waals surface area contributed by atoms with Crippen molar-refractivity contribution in [3.8, 4) is 5.75 Å². The number of morpholine rings is 1. The third kappa shape index (κ3) is 3.71. The number of hydrogen-bond acceptors (Lipinski definition) is 5. The van der Waals surface area contributed by atoms with Gasteiger partial charge in [-0.3, -0.25) is 9.78 Å². The number of aryl methyl sites for hydroxylation is 1. The number of nitrogen functional groups attached to an aromatic ring is 1. The molecule has 1 fully saturated rings. The molecule has 25 heavy (non-hydrogen) atoms. The van der Waals surface area contributed by atoms with Crippen LogP contribution in [-0.2, 0) is 4.74 Å². The van der Waals surface area contributed by atoms with E-state index in [0.717, 1.165) is 5.69 Å². The Morgan fingerprint density at radius 1 is 1.40 bits per heavy atom. The third-order valence-corrected chi connectivity index (χ3v) is 4.07. The van der Waals surface area contributed by atoms with Gasteiger partial charge in [-0.1, -0.05) is 0 Å².